The number of aromatic nitrogens is 1. The Hall–Kier alpha value is -1.85. The van der Waals surface area contributed by atoms with Gasteiger partial charge in [0.25, 0.3) is 5.91 Å². The molecular formula is C20H27N3O2. The van der Waals surface area contributed by atoms with Gasteiger partial charge in [-0.15, -0.1) is 0 Å². The third-order valence-corrected chi connectivity index (χ3v) is 5.93. The number of para-hydroxylation sites is 1. The Bertz CT molecular complexity index is 728. The molecule has 2 saturated heterocycles. The monoisotopic (exact) mass is 341 g/mol. The quantitative estimate of drug-likeness (QED) is 0.930. The summed E-state index contributed by atoms with van der Waals surface area (Å²) in [4.78, 5) is 20.5. The molecule has 5 heteroatoms. The lowest BCUT2D eigenvalue weighted by molar-refractivity contribution is -0.0752. The van der Waals surface area contributed by atoms with E-state index in [2.05, 4.69) is 23.9 Å². The number of likely N-dealkylation sites (N-methyl/N-ethyl adjacent to an activating group) is 1. The first-order valence-electron chi connectivity index (χ1n) is 9.27. The number of likely N-dealkylation sites (tertiary alicyclic amines) is 2. The van der Waals surface area contributed by atoms with Crippen LogP contribution in [-0.2, 0) is 4.74 Å². The van der Waals surface area contributed by atoms with E-state index in [-0.39, 0.29) is 11.4 Å². The van der Waals surface area contributed by atoms with Crippen molar-refractivity contribution >= 4 is 16.8 Å². The van der Waals surface area contributed by atoms with Crippen molar-refractivity contribution in [2.75, 3.05) is 39.9 Å². The smallest absolute Gasteiger partial charge is 0.270 e. The van der Waals surface area contributed by atoms with Crippen molar-refractivity contribution in [3.05, 3.63) is 36.0 Å². The fourth-order valence-corrected chi connectivity index (χ4v) is 4.37. The molecule has 1 aromatic heterocycles. The number of ether oxygens (including phenoxy) is 1. The van der Waals surface area contributed by atoms with Crippen molar-refractivity contribution in [1.29, 1.82) is 0 Å². The SMILES string of the molecule is CCOC[C@H]1CCN(C)C2(C1)CN(C(=O)c1cc3ccccc3[nH]1)C2. The van der Waals surface area contributed by atoms with E-state index in [1.54, 1.807) is 0 Å². The van der Waals surface area contributed by atoms with Gasteiger partial charge in [-0.1, -0.05) is 18.2 Å². The first kappa shape index (κ1) is 16.6. The van der Waals surface area contributed by atoms with Crippen molar-refractivity contribution < 1.29 is 9.53 Å². The molecule has 2 fully saturated rings. The molecule has 0 saturated carbocycles. The molecule has 2 aliphatic rings. The minimum Gasteiger partial charge on any atom is -0.381 e. The maximum absolute atomic E-state index is 12.8. The van der Waals surface area contributed by atoms with E-state index in [9.17, 15) is 4.79 Å². The Morgan fingerprint density at radius 3 is 2.92 bits per heavy atom. The van der Waals surface area contributed by atoms with Crippen LogP contribution in [0, 0.1) is 5.92 Å². The molecule has 0 bridgehead atoms. The van der Waals surface area contributed by atoms with Crippen LogP contribution in [0.25, 0.3) is 10.9 Å². The zero-order chi connectivity index (χ0) is 17.4. The van der Waals surface area contributed by atoms with Crippen molar-refractivity contribution in [3.8, 4) is 0 Å². The Morgan fingerprint density at radius 1 is 1.36 bits per heavy atom. The molecule has 1 spiro atoms. The number of piperidine rings is 1. The van der Waals surface area contributed by atoms with Crippen LogP contribution in [0.5, 0.6) is 0 Å². The molecule has 0 radical (unpaired) electrons. The second-order valence-electron chi connectivity index (χ2n) is 7.60. The van der Waals surface area contributed by atoms with Gasteiger partial charge in [-0.05, 0) is 51.4 Å². The molecule has 1 N–H and O–H groups in total. The van der Waals surface area contributed by atoms with Gasteiger partial charge in [0.15, 0.2) is 0 Å². The van der Waals surface area contributed by atoms with Crippen LogP contribution in [-0.4, -0.2) is 66.1 Å². The van der Waals surface area contributed by atoms with Crippen molar-refractivity contribution in [2.45, 2.75) is 25.3 Å². The molecule has 0 unspecified atom stereocenters. The Labute approximate surface area is 148 Å². The number of hydrogen-bond acceptors (Lipinski definition) is 3. The minimum absolute atomic E-state index is 0.113. The Kier molecular flexibility index (Phi) is 4.29. The van der Waals surface area contributed by atoms with Gasteiger partial charge in [-0.25, -0.2) is 0 Å². The molecule has 2 aliphatic heterocycles. The summed E-state index contributed by atoms with van der Waals surface area (Å²) in [5, 5.41) is 1.09. The fraction of sp³-hybridized carbons (Fsp3) is 0.550. The van der Waals surface area contributed by atoms with E-state index in [1.165, 1.54) is 6.42 Å². The second kappa shape index (κ2) is 6.46. The molecule has 1 aromatic carbocycles. The minimum atomic E-state index is 0.113. The molecule has 1 amide bonds. The number of amides is 1. The van der Waals surface area contributed by atoms with Crippen LogP contribution >= 0.6 is 0 Å². The lowest BCUT2D eigenvalue weighted by Crippen LogP contribution is -2.72. The van der Waals surface area contributed by atoms with Gasteiger partial charge in [0, 0.05) is 37.2 Å². The van der Waals surface area contributed by atoms with Gasteiger partial charge in [-0.2, -0.15) is 0 Å². The molecule has 25 heavy (non-hydrogen) atoms. The Morgan fingerprint density at radius 2 is 2.16 bits per heavy atom. The highest BCUT2D eigenvalue weighted by molar-refractivity contribution is 5.98. The molecule has 134 valence electrons. The highest BCUT2D eigenvalue weighted by Gasteiger charge is 2.51. The van der Waals surface area contributed by atoms with Crippen molar-refractivity contribution in [3.63, 3.8) is 0 Å². The predicted molar refractivity (Wildman–Crippen MR) is 98.8 cm³/mol. The fourth-order valence-electron chi connectivity index (χ4n) is 4.37. The summed E-state index contributed by atoms with van der Waals surface area (Å²) in [5.41, 5.74) is 1.86. The lowest BCUT2D eigenvalue weighted by Gasteiger charge is -2.58. The van der Waals surface area contributed by atoms with Crippen LogP contribution in [0.15, 0.2) is 30.3 Å². The van der Waals surface area contributed by atoms with Gasteiger partial charge >= 0.3 is 0 Å². The molecule has 2 aromatic rings. The molecule has 4 rings (SSSR count). The van der Waals surface area contributed by atoms with E-state index in [0.29, 0.717) is 11.6 Å². The van der Waals surface area contributed by atoms with E-state index in [4.69, 9.17) is 4.74 Å². The largest absolute Gasteiger partial charge is 0.381 e. The molecular weight excluding hydrogens is 314 g/mol. The third kappa shape index (κ3) is 2.96. The van der Waals surface area contributed by atoms with Gasteiger partial charge in [0.2, 0.25) is 0 Å². The summed E-state index contributed by atoms with van der Waals surface area (Å²) >= 11 is 0. The lowest BCUT2D eigenvalue weighted by atomic mass is 9.75. The van der Waals surface area contributed by atoms with Crippen molar-refractivity contribution in [1.82, 2.24) is 14.8 Å². The van der Waals surface area contributed by atoms with Crippen LogP contribution < -0.4 is 0 Å². The normalized spacial score (nSPS) is 23.1. The average molecular weight is 341 g/mol. The molecule has 1 atom stereocenters. The van der Waals surface area contributed by atoms with Crippen LogP contribution in [0.3, 0.4) is 0 Å². The maximum Gasteiger partial charge on any atom is 0.270 e. The van der Waals surface area contributed by atoms with E-state index in [0.717, 1.165) is 50.2 Å². The van der Waals surface area contributed by atoms with Crippen LogP contribution in [0.4, 0.5) is 0 Å². The van der Waals surface area contributed by atoms with Gasteiger partial charge in [0.05, 0.1) is 5.54 Å². The van der Waals surface area contributed by atoms with E-state index >= 15 is 0 Å². The summed E-state index contributed by atoms with van der Waals surface area (Å²) in [6.45, 7) is 6.41. The van der Waals surface area contributed by atoms with E-state index < -0.39 is 0 Å². The highest BCUT2D eigenvalue weighted by Crippen LogP contribution is 2.39. The summed E-state index contributed by atoms with van der Waals surface area (Å²) in [6, 6.07) is 10.00. The third-order valence-electron chi connectivity index (χ3n) is 5.93. The molecule has 3 heterocycles. The van der Waals surface area contributed by atoms with Crippen LogP contribution in [0.1, 0.15) is 30.3 Å². The highest BCUT2D eigenvalue weighted by atomic mass is 16.5. The summed E-state index contributed by atoms with van der Waals surface area (Å²) in [5.74, 6) is 0.726. The first-order chi connectivity index (χ1) is 12.1. The maximum atomic E-state index is 12.8. The number of benzene rings is 1. The number of carbonyl (C=O) groups is 1. The predicted octanol–water partition coefficient (Wildman–Crippen LogP) is 2.74. The summed E-state index contributed by atoms with van der Waals surface area (Å²) < 4.78 is 5.64. The number of fused-ring (bicyclic) bond motifs is 1. The standard InChI is InChI=1S/C20H27N3O2/c1-3-25-12-15-8-9-22(2)20(11-15)13-23(14-20)19(24)18-10-16-6-4-5-7-17(16)21-18/h4-7,10,15,21H,3,8-9,11-14H2,1-2H3/t15-/m0/s1. The van der Waals surface area contributed by atoms with Gasteiger partial charge in [0.1, 0.15) is 5.69 Å². The van der Waals surface area contributed by atoms with Gasteiger partial charge in [-0.3, -0.25) is 9.69 Å². The zero-order valence-corrected chi connectivity index (χ0v) is 15.1. The summed E-state index contributed by atoms with van der Waals surface area (Å²) in [6.07, 6.45) is 2.31. The van der Waals surface area contributed by atoms with Gasteiger partial charge < -0.3 is 14.6 Å². The zero-order valence-electron chi connectivity index (χ0n) is 15.1. The number of nitrogens with one attached hydrogen (secondary N) is 1. The second-order valence-corrected chi connectivity index (χ2v) is 7.60. The molecule has 5 nitrogen and oxygen atoms in total. The summed E-state index contributed by atoms with van der Waals surface area (Å²) in [7, 11) is 2.20. The average Bonchev–Trinajstić information content (AvgIpc) is 3.03. The number of carbonyl (C=O) groups excluding carboxylic acids is 1. The van der Waals surface area contributed by atoms with E-state index in [1.807, 2.05) is 35.2 Å². The number of hydrogen-bond donors (Lipinski definition) is 1. The number of H-pyrrole nitrogens is 1. The topological polar surface area (TPSA) is 48.6 Å². The number of nitrogens with zero attached hydrogens (tertiary/aromatic N) is 2. The molecule has 0 aliphatic carbocycles. The first-order valence-corrected chi connectivity index (χ1v) is 9.27. The Balaban J connectivity index is 1.43. The number of aromatic amines is 1. The van der Waals surface area contributed by atoms with Crippen LogP contribution in [0.2, 0.25) is 0 Å². The number of rotatable bonds is 4. The van der Waals surface area contributed by atoms with Crippen molar-refractivity contribution in [2.24, 2.45) is 5.92 Å².